The smallest absolute Gasteiger partial charge is 0.227 e. The summed E-state index contributed by atoms with van der Waals surface area (Å²) >= 11 is 0. The minimum absolute atomic E-state index is 0.152. The molecule has 0 saturated carbocycles. The Morgan fingerprint density at radius 3 is 2.79 bits per heavy atom. The second-order valence-electron chi connectivity index (χ2n) is 5.12. The van der Waals surface area contributed by atoms with Crippen LogP contribution in [0.15, 0.2) is 24.3 Å². The lowest BCUT2D eigenvalue weighted by Crippen LogP contribution is -2.46. The minimum atomic E-state index is 0.152. The number of carbonyl (C=O) groups excluding carboxylic acids is 1. The lowest BCUT2D eigenvalue weighted by molar-refractivity contribution is -0.131. The summed E-state index contributed by atoms with van der Waals surface area (Å²) in [6, 6.07) is 7.81. The van der Waals surface area contributed by atoms with E-state index in [-0.39, 0.29) is 12.0 Å². The van der Waals surface area contributed by atoms with Gasteiger partial charge in [-0.25, -0.2) is 0 Å². The van der Waals surface area contributed by atoms with Gasteiger partial charge in [0, 0.05) is 26.2 Å². The van der Waals surface area contributed by atoms with Crippen molar-refractivity contribution in [1.82, 2.24) is 10.2 Å². The highest BCUT2D eigenvalue weighted by Gasteiger charge is 2.16. The van der Waals surface area contributed by atoms with Crippen LogP contribution >= 0.6 is 0 Å². The molecular formula is C15H22N2O2. The Balaban J connectivity index is 1.96. The van der Waals surface area contributed by atoms with E-state index in [1.807, 2.05) is 43.0 Å². The van der Waals surface area contributed by atoms with E-state index in [2.05, 4.69) is 5.32 Å². The lowest BCUT2D eigenvalue weighted by atomic mass is 10.1. The fourth-order valence-electron chi connectivity index (χ4n) is 2.20. The number of hydrogen-bond acceptors (Lipinski definition) is 3. The number of nitrogens with one attached hydrogen (secondary N) is 1. The number of amides is 1. The van der Waals surface area contributed by atoms with Crippen LogP contribution < -0.4 is 10.1 Å². The zero-order valence-electron chi connectivity index (χ0n) is 11.7. The van der Waals surface area contributed by atoms with Crippen molar-refractivity contribution in [3.63, 3.8) is 0 Å². The molecule has 0 unspecified atom stereocenters. The third-order valence-corrected chi connectivity index (χ3v) is 3.10. The van der Waals surface area contributed by atoms with Crippen LogP contribution in [0.25, 0.3) is 0 Å². The zero-order valence-corrected chi connectivity index (χ0v) is 11.7. The van der Waals surface area contributed by atoms with Crippen molar-refractivity contribution in [1.29, 1.82) is 0 Å². The molecule has 0 spiro atoms. The Labute approximate surface area is 114 Å². The maximum absolute atomic E-state index is 12.2. The quantitative estimate of drug-likeness (QED) is 0.893. The molecule has 4 heteroatoms. The topological polar surface area (TPSA) is 41.6 Å². The molecule has 1 amide bonds. The van der Waals surface area contributed by atoms with E-state index in [1.165, 1.54) is 0 Å². The largest absolute Gasteiger partial charge is 0.491 e. The number of carbonyl (C=O) groups is 1. The lowest BCUT2D eigenvalue weighted by Gasteiger charge is -2.27. The van der Waals surface area contributed by atoms with Crippen molar-refractivity contribution >= 4 is 5.91 Å². The number of ether oxygens (including phenoxy) is 1. The first-order valence-corrected chi connectivity index (χ1v) is 6.89. The van der Waals surface area contributed by atoms with Crippen molar-refractivity contribution in [2.24, 2.45) is 0 Å². The van der Waals surface area contributed by atoms with E-state index >= 15 is 0 Å². The molecule has 0 bridgehead atoms. The third-order valence-electron chi connectivity index (χ3n) is 3.10. The van der Waals surface area contributed by atoms with E-state index in [4.69, 9.17) is 4.74 Å². The van der Waals surface area contributed by atoms with Gasteiger partial charge in [-0.05, 0) is 31.5 Å². The van der Waals surface area contributed by atoms with Gasteiger partial charge in [-0.1, -0.05) is 12.1 Å². The van der Waals surface area contributed by atoms with Crippen molar-refractivity contribution in [3.8, 4) is 5.75 Å². The molecule has 1 aromatic rings. The van der Waals surface area contributed by atoms with Crippen molar-refractivity contribution in [3.05, 3.63) is 29.8 Å². The molecule has 1 fully saturated rings. The first kappa shape index (κ1) is 13.9. The summed E-state index contributed by atoms with van der Waals surface area (Å²) in [7, 11) is 0. The Kier molecular flexibility index (Phi) is 4.80. The van der Waals surface area contributed by atoms with Crippen molar-refractivity contribution < 1.29 is 9.53 Å². The number of benzene rings is 1. The minimum Gasteiger partial charge on any atom is -0.491 e. The van der Waals surface area contributed by atoms with Gasteiger partial charge in [0.1, 0.15) is 5.75 Å². The van der Waals surface area contributed by atoms with Gasteiger partial charge in [-0.2, -0.15) is 0 Å². The number of nitrogens with zero attached hydrogens (tertiary/aromatic N) is 1. The fourth-order valence-corrected chi connectivity index (χ4v) is 2.20. The highest BCUT2D eigenvalue weighted by atomic mass is 16.5. The van der Waals surface area contributed by atoms with Crippen LogP contribution in [0.3, 0.4) is 0 Å². The third kappa shape index (κ3) is 4.24. The van der Waals surface area contributed by atoms with Crippen LogP contribution in [0, 0.1) is 0 Å². The SMILES string of the molecule is CC(C)Oc1cccc(CC(=O)N2CCNCC2)c1. The van der Waals surface area contributed by atoms with Gasteiger partial charge >= 0.3 is 0 Å². The molecule has 104 valence electrons. The molecule has 1 heterocycles. The second kappa shape index (κ2) is 6.57. The van der Waals surface area contributed by atoms with Gasteiger partial charge in [0.15, 0.2) is 0 Å². The summed E-state index contributed by atoms with van der Waals surface area (Å²) in [5, 5.41) is 3.25. The highest BCUT2D eigenvalue weighted by molar-refractivity contribution is 5.79. The van der Waals surface area contributed by atoms with Crippen LogP contribution in [-0.2, 0) is 11.2 Å². The summed E-state index contributed by atoms with van der Waals surface area (Å²) < 4.78 is 5.65. The molecule has 0 aromatic heterocycles. The van der Waals surface area contributed by atoms with Gasteiger partial charge in [0.05, 0.1) is 12.5 Å². The van der Waals surface area contributed by atoms with Crippen LogP contribution in [0.5, 0.6) is 5.75 Å². The normalized spacial score (nSPS) is 15.6. The molecule has 0 aliphatic carbocycles. The number of piperazine rings is 1. The predicted octanol–water partition coefficient (Wildman–Crippen LogP) is 1.45. The molecule has 1 aliphatic rings. The van der Waals surface area contributed by atoms with Gasteiger partial charge in [-0.15, -0.1) is 0 Å². The summed E-state index contributed by atoms with van der Waals surface area (Å²) in [5.74, 6) is 1.03. The van der Waals surface area contributed by atoms with E-state index in [9.17, 15) is 4.79 Å². The van der Waals surface area contributed by atoms with Crippen molar-refractivity contribution in [2.45, 2.75) is 26.4 Å². The molecule has 1 saturated heterocycles. The van der Waals surface area contributed by atoms with Crippen LogP contribution in [0.4, 0.5) is 0 Å². The molecule has 0 radical (unpaired) electrons. The van der Waals surface area contributed by atoms with Crippen LogP contribution in [0.1, 0.15) is 19.4 Å². The molecule has 1 aliphatic heterocycles. The highest BCUT2D eigenvalue weighted by Crippen LogP contribution is 2.16. The average molecular weight is 262 g/mol. The summed E-state index contributed by atoms with van der Waals surface area (Å²) in [4.78, 5) is 14.1. The maximum atomic E-state index is 12.2. The second-order valence-corrected chi connectivity index (χ2v) is 5.12. The Morgan fingerprint density at radius 1 is 1.37 bits per heavy atom. The standard InChI is InChI=1S/C15H22N2O2/c1-12(2)19-14-5-3-4-13(10-14)11-15(18)17-8-6-16-7-9-17/h3-5,10,12,16H,6-9,11H2,1-2H3. The van der Waals surface area contributed by atoms with Crippen molar-refractivity contribution in [2.75, 3.05) is 26.2 Å². The van der Waals surface area contributed by atoms with E-state index in [0.717, 1.165) is 37.5 Å². The number of rotatable bonds is 4. The number of hydrogen-bond donors (Lipinski definition) is 1. The first-order valence-electron chi connectivity index (χ1n) is 6.89. The van der Waals surface area contributed by atoms with Gasteiger partial charge in [0.2, 0.25) is 5.91 Å². The summed E-state index contributed by atoms with van der Waals surface area (Å²) in [5.41, 5.74) is 1.02. The Hall–Kier alpha value is -1.55. The molecule has 1 N–H and O–H groups in total. The fraction of sp³-hybridized carbons (Fsp3) is 0.533. The van der Waals surface area contributed by atoms with Gasteiger partial charge in [-0.3, -0.25) is 4.79 Å². The maximum Gasteiger partial charge on any atom is 0.227 e. The molecule has 0 atom stereocenters. The average Bonchev–Trinajstić information content (AvgIpc) is 2.39. The van der Waals surface area contributed by atoms with Crippen LogP contribution in [-0.4, -0.2) is 43.1 Å². The first-order chi connectivity index (χ1) is 9.15. The van der Waals surface area contributed by atoms with E-state index in [0.29, 0.717) is 6.42 Å². The predicted molar refractivity (Wildman–Crippen MR) is 75.4 cm³/mol. The molecule has 4 nitrogen and oxygen atoms in total. The monoisotopic (exact) mass is 262 g/mol. The molecule has 1 aromatic carbocycles. The molecular weight excluding hydrogens is 240 g/mol. The summed E-state index contributed by atoms with van der Waals surface area (Å²) in [6.45, 7) is 7.39. The Bertz CT molecular complexity index is 426. The molecule has 19 heavy (non-hydrogen) atoms. The van der Waals surface area contributed by atoms with Gasteiger partial charge < -0.3 is 15.0 Å². The zero-order chi connectivity index (χ0) is 13.7. The summed E-state index contributed by atoms with van der Waals surface area (Å²) in [6.07, 6.45) is 0.606. The van der Waals surface area contributed by atoms with E-state index < -0.39 is 0 Å². The van der Waals surface area contributed by atoms with Gasteiger partial charge in [0.25, 0.3) is 0 Å². The molecule has 2 rings (SSSR count). The Morgan fingerprint density at radius 2 is 2.11 bits per heavy atom. The van der Waals surface area contributed by atoms with Crippen LogP contribution in [0.2, 0.25) is 0 Å². The van der Waals surface area contributed by atoms with E-state index in [1.54, 1.807) is 0 Å².